The van der Waals surface area contributed by atoms with Crippen molar-refractivity contribution in [3.8, 4) is 18.1 Å². The van der Waals surface area contributed by atoms with Gasteiger partial charge in [-0.2, -0.15) is 4.72 Å². The molecule has 25 heavy (non-hydrogen) atoms. The van der Waals surface area contributed by atoms with Crippen LogP contribution in [-0.2, 0) is 10.0 Å². The predicted molar refractivity (Wildman–Crippen MR) is 96.1 cm³/mol. The number of hydrogen-bond donors (Lipinski definition) is 2. The van der Waals surface area contributed by atoms with Gasteiger partial charge in [-0.05, 0) is 42.8 Å². The molecule has 0 saturated carbocycles. The summed E-state index contributed by atoms with van der Waals surface area (Å²) in [6, 6.07) is 11.1. The zero-order valence-electron chi connectivity index (χ0n) is 13.9. The Kier molecular flexibility index (Phi) is 5.80. The predicted octanol–water partition coefficient (Wildman–Crippen LogP) is 2.17. The smallest absolute Gasteiger partial charge is 0.255 e. The highest BCUT2D eigenvalue weighted by molar-refractivity contribution is 7.89. The third-order valence-corrected chi connectivity index (χ3v) is 4.77. The number of amides is 1. The molecule has 2 aromatic rings. The summed E-state index contributed by atoms with van der Waals surface area (Å²) in [5, 5.41) is 2.73. The molecular formula is C18H18N2O4S. The Morgan fingerprint density at radius 1 is 1.24 bits per heavy atom. The lowest BCUT2D eigenvalue weighted by Crippen LogP contribution is -2.24. The normalized spacial score (nSPS) is 10.8. The molecule has 2 rings (SSSR count). The highest BCUT2D eigenvalue weighted by atomic mass is 32.2. The van der Waals surface area contributed by atoms with Crippen LogP contribution in [0.3, 0.4) is 0 Å². The van der Waals surface area contributed by atoms with Crippen LogP contribution < -0.4 is 14.8 Å². The van der Waals surface area contributed by atoms with Crippen LogP contribution >= 0.6 is 0 Å². The van der Waals surface area contributed by atoms with Gasteiger partial charge < -0.3 is 10.1 Å². The summed E-state index contributed by atoms with van der Waals surface area (Å²) < 4.78 is 31.7. The lowest BCUT2D eigenvalue weighted by molar-refractivity contribution is 0.102. The van der Waals surface area contributed by atoms with E-state index < -0.39 is 15.9 Å². The zero-order chi connectivity index (χ0) is 18.4. The fourth-order valence-corrected chi connectivity index (χ4v) is 3.12. The van der Waals surface area contributed by atoms with Gasteiger partial charge in [-0.25, -0.2) is 8.42 Å². The van der Waals surface area contributed by atoms with Crippen molar-refractivity contribution in [2.75, 3.05) is 19.0 Å². The molecule has 130 valence electrons. The fourth-order valence-electron chi connectivity index (χ4n) is 2.14. The van der Waals surface area contributed by atoms with E-state index in [9.17, 15) is 13.2 Å². The molecule has 0 aromatic heterocycles. The van der Waals surface area contributed by atoms with Gasteiger partial charge in [-0.15, -0.1) is 6.42 Å². The number of anilines is 1. The molecule has 0 atom stereocenters. The number of benzene rings is 2. The molecule has 1 amide bonds. The van der Waals surface area contributed by atoms with E-state index in [1.54, 1.807) is 12.1 Å². The second-order valence-corrected chi connectivity index (χ2v) is 6.98. The summed E-state index contributed by atoms with van der Waals surface area (Å²) >= 11 is 0. The van der Waals surface area contributed by atoms with E-state index in [4.69, 9.17) is 11.2 Å². The molecule has 0 aliphatic carbocycles. The number of hydrogen-bond acceptors (Lipinski definition) is 4. The summed E-state index contributed by atoms with van der Waals surface area (Å²) in [7, 11) is -2.26. The monoisotopic (exact) mass is 358 g/mol. The van der Waals surface area contributed by atoms with E-state index in [1.165, 1.54) is 31.4 Å². The number of sulfonamides is 1. The van der Waals surface area contributed by atoms with Crippen molar-refractivity contribution >= 4 is 21.6 Å². The van der Waals surface area contributed by atoms with Gasteiger partial charge in [-0.3, -0.25) is 4.79 Å². The minimum absolute atomic E-state index is 0.0355. The largest absolute Gasteiger partial charge is 0.495 e. The van der Waals surface area contributed by atoms with Gasteiger partial charge in [0.25, 0.3) is 5.91 Å². The van der Waals surface area contributed by atoms with Crippen molar-refractivity contribution in [3.63, 3.8) is 0 Å². The molecule has 0 radical (unpaired) electrons. The Bertz CT molecular complexity index is 930. The number of ether oxygens (including phenoxy) is 1. The Morgan fingerprint density at radius 3 is 2.68 bits per heavy atom. The average Bonchev–Trinajstić information content (AvgIpc) is 2.60. The van der Waals surface area contributed by atoms with Gasteiger partial charge in [0.1, 0.15) is 5.75 Å². The van der Waals surface area contributed by atoms with Crippen LogP contribution in [0.15, 0.2) is 47.4 Å². The molecule has 7 heteroatoms. The summed E-state index contributed by atoms with van der Waals surface area (Å²) in [5.41, 5.74) is 1.66. The van der Waals surface area contributed by atoms with E-state index in [-0.39, 0.29) is 17.0 Å². The van der Waals surface area contributed by atoms with Crippen molar-refractivity contribution in [1.29, 1.82) is 0 Å². The zero-order valence-corrected chi connectivity index (χ0v) is 14.7. The van der Waals surface area contributed by atoms with Gasteiger partial charge in [0, 0.05) is 5.56 Å². The van der Waals surface area contributed by atoms with Crippen LogP contribution in [0.1, 0.15) is 15.9 Å². The highest BCUT2D eigenvalue weighted by Gasteiger charge is 2.16. The van der Waals surface area contributed by atoms with E-state index in [2.05, 4.69) is 16.0 Å². The van der Waals surface area contributed by atoms with E-state index in [0.717, 1.165) is 5.56 Å². The maximum absolute atomic E-state index is 12.5. The SMILES string of the molecule is C#CCNS(=O)(=O)c1cccc(C(=O)Nc2cc(C)ccc2OC)c1. The molecule has 0 aliphatic heterocycles. The van der Waals surface area contributed by atoms with Gasteiger partial charge in [-0.1, -0.05) is 18.1 Å². The van der Waals surface area contributed by atoms with Crippen LogP contribution in [-0.4, -0.2) is 28.0 Å². The first-order valence-electron chi connectivity index (χ1n) is 7.36. The van der Waals surface area contributed by atoms with Crippen molar-refractivity contribution in [3.05, 3.63) is 53.6 Å². The minimum atomic E-state index is -3.77. The van der Waals surface area contributed by atoms with Crippen molar-refractivity contribution in [1.82, 2.24) is 4.72 Å². The van der Waals surface area contributed by atoms with Gasteiger partial charge in [0.2, 0.25) is 10.0 Å². The van der Waals surface area contributed by atoms with Crippen LogP contribution in [0.2, 0.25) is 0 Å². The Labute approximate surface area is 147 Å². The van der Waals surface area contributed by atoms with Crippen LogP contribution in [0, 0.1) is 19.3 Å². The first kappa shape index (κ1) is 18.5. The number of aryl methyl sites for hydroxylation is 1. The molecular weight excluding hydrogens is 340 g/mol. The van der Waals surface area contributed by atoms with Gasteiger partial charge in [0.05, 0.1) is 24.2 Å². The number of carbonyl (C=O) groups excluding carboxylic acids is 1. The standard InChI is InChI=1S/C18H18N2O4S/c1-4-10-19-25(22,23)15-7-5-6-14(12-15)18(21)20-16-11-13(2)8-9-17(16)24-3/h1,5-9,11-12,19H,10H2,2-3H3,(H,20,21). The minimum Gasteiger partial charge on any atom is -0.495 e. The molecule has 0 saturated heterocycles. The number of nitrogens with one attached hydrogen (secondary N) is 2. The molecule has 0 bridgehead atoms. The number of methoxy groups -OCH3 is 1. The molecule has 0 heterocycles. The van der Waals surface area contributed by atoms with Crippen LogP contribution in [0.5, 0.6) is 5.75 Å². The fraction of sp³-hybridized carbons (Fsp3) is 0.167. The number of carbonyl (C=O) groups is 1. The molecule has 0 spiro atoms. The van der Waals surface area contributed by atoms with E-state index in [1.807, 2.05) is 13.0 Å². The maximum Gasteiger partial charge on any atom is 0.255 e. The molecule has 0 fully saturated rings. The quantitative estimate of drug-likeness (QED) is 0.775. The Balaban J connectivity index is 2.28. The first-order valence-corrected chi connectivity index (χ1v) is 8.85. The molecule has 6 nitrogen and oxygen atoms in total. The van der Waals surface area contributed by atoms with Crippen molar-refractivity contribution < 1.29 is 17.9 Å². The molecule has 0 aliphatic rings. The average molecular weight is 358 g/mol. The van der Waals surface area contributed by atoms with Crippen molar-refractivity contribution in [2.45, 2.75) is 11.8 Å². The van der Waals surface area contributed by atoms with Crippen LogP contribution in [0.25, 0.3) is 0 Å². The topological polar surface area (TPSA) is 84.5 Å². The lowest BCUT2D eigenvalue weighted by Gasteiger charge is -2.12. The molecule has 2 aromatic carbocycles. The summed E-state index contributed by atoms with van der Waals surface area (Å²) in [4.78, 5) is 12.4. The summed E-state index contributed by atoms with van der Waals surface area (Å²) in [5.74, 6) is 2.26. The van der Waals surface area contributed by atoms with Crippen LogP contribution in [0.4, 0.5) is 5.69 Å². The third kappa shape index (κ3) is 4.59. The van der Waals surface area contributed by atoms with E-state index >= 15 is 0 Å². The first-order chi connectivity index (χ1) is 11.9. The molecule has 2 N–H and O–H groups in total. The number of terminal acetylenes is 1. The number of rotatable bonds is 6. The van der Waals surface area contributed by atoms with Gasteiger partial charge >= 0.3 is 0 Å². The van der Waals surface area contributed by atoms with Gasteiger partial charge in [0.15, 0.2) is 0 Å². The Hall–Kier alpha value is -2.82. The van der Waals surface area contributed by atoms with Crippen molar-refractivity contribution in [2.24, 2.45) is 0 Å². The second-order valence-electron chi connectivity index (χ2n) is 5.21. The highest BCUT2D eigenvalue weighted by Crippen LogP contribution is 2.26. The summed E-state index contributed by atoms with van der Waals surface area (Å²) in [6.07, 6.45) is 5.06. The lowest BCUT2D eigenvalue weighted by atomic mass is 10.1. The molecule has 0 unspecified atom stereocenters. The second kappa shape index (κ2) is 7.83. The summed E-state index contributed by atoms with van der Waals surface area (Å²) in [6.45, 7) is 1.76. The van der Waals surface area contributed by atoms with E-state index in [0.29, 0.717) is 11.4 Å². The third-order valence-electron chi connectivity index (χ3n) is 3.37. The maximum atomic E-state index is 12.5. The Morgan fingerprint density at radius 2 is 2.00 bits per heavy atom.